The Balaban J connectivity index is 1.97. The molecule has 0 atom stereocenters. The quantitative estimate of drug-likeness (QED) is 0.624. The first kappa shape index (κ1) is 15.5. The van der Waals surface area contributed by atoms with Crippen LogP contribution in [0, 0.1) is 6.92 Å². The van der Waals surface area contributed by atoms with Crippen molar-refractivity contribution in [3.63, 3.8) is 0 Å². The molecule has 0 unspecified atom stereocenters. The van der Waals surface area contributed by atoms with E-state index >= 15 is 0 Å². The number of para-hydroxylation sites is 1. The molecule has 1 aromatic carbocycles. The molecule has 0 bridgehead atoms. The molecule has 130 valence electrons. The van der Waals surface area contributed by atoms with Crippen molar-refractivity contribution >= 4 is 5.78 Å². The molecular formula is C14H7F5N4O2. The number of hydrogen-bond donors (Lipinski definition) is 0. The van der Waals surface area contributed by atoms with E-state index < -0.39 is 18.3 Å². The van der Waals surface area contributed by atoms with E-state index in [4.69, 9.17) is 0 Å². The largest absolute Gasteiger partial charge is 0.586 e. The zero-order valence-electron chi connectivity index (χ0n) is 12.3. The van der Waals surface area contributed by atoms with E-state index in [1.807, 2.05) is 0 Å². The Kier molecular flexibility index (Phi) is 2.97. The maximum absolute atomic E-state index is 13.3. The lowest BCUT2D eigenvalue weighted by molar-refractivity contribution is -0.286. The van der Waals surface area contributed by atoms with Crippen LogP contribution in [0.5, 0.6) is 11.5 Å². The fourth-order valence-corrected chi connectivity index (χ4v) is 2.47. The lowest BCUT2D eigenvalue weighted by Gasteiger charge is -2.09. The molecular weight excluding hydrogens is 351 g/mol. The zero-order valence-corrected chi connectivity index (χ0v) is 12.3. The predicted octanol–water partition coefficient (Wildman–Crippen LogP) is 3.44. The fraction of sp³-hybridized carbons (Fsp3) is 0.214. The van der Waals surface area contributed by atoms with Gasteiger partial charge in [0.2, 0.25) is 0 Å². The summed E-state index contributed by atoms with van der Waals surface area (Å²) in [5.74, 6) is -2.24. The van der Waals surface area contributed by atoms with Crippen LogP contribution >= 0.6 is 0 Å². The van der Waals surface area contributed by atoms with Crippen LogP contribution in [-0.2, 0) is 6.18 Å². The van der Waals surface area contributed by atoms with Gasteiger partial charge < -0.3 is 9.47 Å². The van der Waals surface area contributed by atoms with Gasteiger partial charge in [0.25, 0.3) is 11.6 Å². The Bertz CT molecular complexity index is 999. The minimum atomic E-state index is -4.77. The van der Waals surface area contributed by atoms with E-state index in [2.05, 4.69) is 24.5 Å². The van der Waals surface area contributed by atoms with Crippen LogP contribution in [0.2, 0.25) is 0 Å². The van der Waals surface area contributed by atoms with Crippen molar-refractivity contribution < 1.29 is 31.4 Å². The van der Waals surface area contributed by atoms with Crippen LogP contribution in [0.3, 0.4) is 0 Å². The summed E-state index contributed by atoms with van der Waals surface area (Å²) in [5, 5.41) is 3.40. The smallest absolute Gasteiger partial charge is 0.395 e. The van der Waals surface area contributed by atoms with Gasteiger partial charge in [0.05, 0.1) is 5.69 Å². The first-order valence-corrected chi connectivity index (χ1v) is 6.85. The number of aromatic nitrogens is 4. The van der Waals surface area contributed by atoms with Gasteiger partial charge in [-0.25, -0.2) is 4.98 Å². The van der Waals surface area contributed by atoms with Gasteiger partial charge in [0, 0.05) is 11.3 Å². The standard InChI is InChI=1S/C14H7F5N4O2/c1-6-5-8(23-12(20-6)21-11(22-23)13(15,16)17)7-3-2-4-9-10(7)25-14(18,19)24-9/h2-5H,1H3. The second-order valence-electron chi connectivity index (χ2n) is 5.23. The third kappa shape index (κ3) is 2.51. The number of halogens is 5. The lowest BCUT2D eigenvalue weighted by Crippen LogP contribution is -2.26. The van der Waals surface area contributed by atoms with Crippen LogP contribution in [0.25, 0.3) is 17.0 Å². The van der Waals surface area contributed by atoms with Gasteiger partial charge >= 0.3 is 12.5 Å². The van der Waals surface area contributed by atoms with Crippen LogP contribution in [0.1, 0.15) is 11.5 Å². The number of aryl methyl sites for hydroxylation is 1. The molecule has 4 rings (SSSR count). The van der Waals surface area contributed by atoms with Crippen molar-refractivity contribution in [2.45, 2.75) is 19.4 Å². The van der Waals surface area contributed by atoms with E-state index in [1.165, 1.54) is 31.2 Å². The molecule has 1 aliphatic rings. The van der Waals surface area contributed by atoms with Gasteiger partial charge in [-0.15, -0.1) is 13.9 Å². The molecule has 0 aliphatic carbocycles. The Morgan fingerprint density at radius 3 is 2.60 bits per heavy atom. The summed E-state index contributed by atoms with van der Waals surface area (Å²) in [6.07, 6.45) is -8.64. The SMILES string of the molecule is Cc1cc(-c2cccc3c2OC(F)(F)O3)n2nc(C(F)(F)F)nc2n1. The summed E-state index contributed by atoms with van der Waals surface area (Å²) in [6, 6.07) is 5.44. The highest BCUT2D eigenvalue weighted by Crippen LogP contribution is 2.47. The number of hydrogen-bond acceptors (Lipinski definition) is 5. The van der Waals surface area contributed by atoms with Crippen molar-refractivity contribution in [2.75, 3.05) is 0 Å². The number of fused-ring (bicyclic) bond motifs is 2. The lowest BCUT2D eigenvalue weighted by atomic mass is 10.1. The molecule has 11 heteroatoms. The maximum atomic E-state index is 13.3. The van der Waals surface area contributed by atoms with Crippen LogP contribution in [0.15, 0.2) is 24.3 Å². The molecule has 3 heterocycles. The van der Waals surface area contributed by atoms with Crippen molar-refractivity contribution in [3.05, 3.63) is 35.8 Å². The number of ether oxygens (including phenoxy) is 2. The first-order chi connectivity index (χ1) is 11.6. The molecule has 0 spiro atoms. The van der Waals surface area contributed by atoms with Crippen molar-refractivity contribution in [1.29, 1.82) is 0 Å². The highest BCUT2D eigenvalue weighted by atomic mass is 19.4. The Hall–Kier alpha value is -2.98. The van der Waals surface area contributed by atoms with Crippen LogP contribution in [-0.4, -0.2) is 25.9 Å². The average molecular weight is 358 g/mol. The zero-order chi connectivity index (χ0) is 18.0. The summed E-state index contributed by atoms with van der Waals surface area (Å²) in [7, 11) is 0. The third-order valence-electron chi connectivity index (χ3n) is 3.40. The Labute approximate surface area is 135 Å². The molecule has 1 aliphatic heterocycles. The summed E-state index contributed by atoms with van der Waals surface area (Å²) in [6.45, 7) is 1.53. The second-order valence-corrected chi connectivity index (χ2v) is 5.23. The molecule has 0 fully saturated rings. The van der Waals surface area contributed by atoms with Gasteiger partial charge in [0.15, 0.2) is 11.5 Å². The molecule has 2 aromatic heterocycles. The number of nitrogens with zero attached hydrogens (tertiary/aromatic N) is 4. The summed E-state index contributed by atoms with van der Waals surface area (Å²) in [5.41, 5.74) is 0.458. The minimum Gasteiger partial charge on any atom is -0.395 e. The van der Waals surface area contributed by atoms with Gasteiger partial charge in [-0.05, 0) is 25.1 Å². The first-order valence-electron chi connectivity index (χ1n) is 6.85. The van der Waals surface area contributed by atoms with Gasteiger partial charge in [-0.2, -0.15) is 22.7 Å². The number of benzene rings is 1. The molecule has 0 saturated carbocycles. The average Bonchev–Trinajstić information content (AvgIpc) is 3.04. The Morgan fingerprint density at radius 2 is 1.88 bits per heavy atom. The molecule has 3 aromatic rings. The number of rotatable bonds is 1. The molecule has 25 heavy (non-hydrogen) atoms. The normalized spacial score (nSPS) is 15.8. The van der Waals surface area contributed by atoms with E-state index in [9.17, 15) is 22.0 Å². The molecule has 0 radical (unpaired) electrons. The summed E-state index contributed by atoms with van der Waals surface area (Å²) >= 11 is 0. The van der Waals surface area contributed by atoms with Gasteiger partial charge in [-0.1, -0.05) is 6.07 Å². The van der Waals surface area contributed by atoms with Crippen molar-refractivity contribution in [3.8, 4) is 22.8 Å². The van der Waals surface area contributed by atoms with E-state index in [1.54, 1.807) is 0 Å². The van der Waals surface area contributed by atoms with Crippen molar-refractivity contribution in [1.82, 2.24) is 19.6 Å². The highest BCUT2D eigenvalue weighted by molar-refractivity contribution is 5.73. The molecule has 0 amide bonds. The minimum absolute atomic E-state index is 0.0589. The molecule has 6 nitrogen and oxygen atoms in total. The van der Waals surface area contributed by atoms with Gasteiger partial charge in [-0.3, -0.25) is 0 Å². The maximum Gasteiger partial charge on any atom is 0.586 e. The van der Waals surface area contributed by atoms with Crippen LogP contribution in [0.4, 0.5) is 22.0 Å². The topological polar surface area (TPSA) is 61.5 Å². The van der Waals surface area contributed by atoms with Crippen molar-refractivity contribution in [2.24, 2.45) is 0 Å². The Morgan fingerprint density at radius 1 is 1.12 bits per heavy atom. The molecule has 0 saturated heterocycles. The van der Waals surface area contributed by atoms with E-state index in [-0.39, 0.29) is 28.5 Å². The van der Waals surface area contributed by atoms with Crippen LogP contribution < -0.4 is 9.47 Å². The highest BCUT2D eigenvalue weighted by Gasteiger charge is 2.45. The molecule has 0 N–H and O–H groups in total. The van der Waals surface area contributed by atoms with Gasteiger partial charge in [0.1, 0.15) is 0 Å². The summed E-state index contributed by atoms with van der Waals surface area (Å²) in [4.78, 5) is 7.24. The number of alkyl halides is 5. The predicted molar refractivity (Wildman–Crippen MR) is 72.2 cm³/mol. The second kappa shape index (κ2) is 4.77. The fourth-order valence-electron chi connectivity index (χ4n) is 2.47. The van der Waals surface area contributed by atoms with E-state index in [0.29, 0.717) is 5.69 Å². The third-order valence-corrected chi connectivity index (χ3v) is 3.40. The van der Waals surface area contributed by atoms with E-state index in [0.717, 1.165) is 4.52 Å². The summed E-state index contributed by atoms with van der Waals surface area (Å²) < 4.78 is 75.0. The monoisotopic (exact) mass is 358 g/mol.